The van der Waals surface area contributed by atoms with Gasteiger partial charge in [-0.05, 0) is 35.9 Å². The van der Waals surface area contributed by atoms with Gasteiger partial charge in [0, 0.05) is 42.2 Å². The molecule has 0 fully saturated rings. The molecule has 0 aliphatic carbocycles. The van der Waals surface area contributed by atoms with Crippen LogP contribution in [0.2, 0.25) is 0 Å². The molecule has 0 spiro atoms. The smallest absolute Gasteiger partial charge is 0.269 e. The van der Waals surface area contributed by atoms with Crippen LogP contribution < -0.4 is 20.7 Å². The minimum absolute atomic E-state index is 0.00884. The number of ether oxygens (including phenoxy) is 1. The topological polar surface area (TPSA) is 123 Å². The molecule has 192 valence electrons. The second-order valence-corrected chi connectivity index (χ2v) is 8.23. The summed E-state index contributed by atoms with van der Waals surface area (Å²) < 4.78 is 5.70. The van der Waals surface area contributed by atoms with Crippen LogP contribution in [0.15, 0.2) is 103 Å². The predicted octanol–water partition coefficient (Wildman–Crippen LogP) is 5.12. The summed E-state index contributed by atoms with van der Waals surface area (Å²) in [5, 5.41) is 19.5. The van der Waals surface area contributed by atoms with E-state index < -0.39 is 4.92 Å². The molecule has 4 aromatic rings. The molecule has 0 saturated carbocycles. The van der Waals surface area contributed by atoms with Gasteiger partial charge < -0.3 is 20.7 Å². The highest BCUT2D eigenvalue weighted by Gasteiger charge is 2.14. The molecule has 0 atom stereocenters. The van der Waals surface area contributed by atoms with E-state index in [4.69, 9.17) is 4.74 Å². The van der Waals surface area contributed by atoms with Crippen LogP contribution in [0.5, 0.6) is 5.75 Å². The summed E-state index contributed by atoms with van der Waals surface area (Å²) in [6.07, 6.45) is 0. The van der Waals surface area contributed by atoms with Crippen LogP contribution in [0.25, 0.3) is 11.1 Å². The van der Waals surface area contributed by atoms with Gasteiger partial charge in [-0.2, -0.15) is 0 Å². The standard InChI is InChI=1S/C29H26N4O5/c34-28(32-26-12-6-4-10-24(26)21-8-2-1-3-9-21)20-38-27-13-7-5-11-25(27)29(35)31-19-18-30-22-14-16-23(17-15-22)33(36)37/h1-17,30H,18-20H2,(H,31,35)(H,32,34). The van der Waals surface area contributed by atoms with Crippen molar-refractivity contribution in [3.8, 4) is 16.9 Å². The fraction of sp³-hybridized carbons (Fsp3) is 0.103. The van der Waals surface area contributed by atoms with Crippen LogP contribution in [0.4, 0.5) is 17.1 Å². The summed E-state index contributed by atoms with van der Waals surface area (Å²) in [5.74, 6) is -0.406. The van der Waals surface area contributed by atoms with Crippen LogP contribution >= 0.6 is 0 Å². The molecule has 4 rings (SSSR count). The van der Waals surface area contributed by atoms with E-state index in [9.17, 15) is 19.7 Å². The first-order valence-electron chi connectivity index (χ1n) is 11.9. The van der Waals surface area contributed by atoms with Crippen LogP contribution in [0.1, 0.15) is 10.4 Å². The molecule has 0 radical (unpaired) electrons. The van der Waals surface area contributed by atoms with E-state index in [2.05, 4.69) is 16.0 Å². The van der Waals surface area contributed by atoms with Gasteiger partial charge in [0.05, 0.1) is 10.5 Å². The highest BCUT2D eigenvalue weighted by Crippen LogP contribution is 2.27. The van der Waals surface area contributed by atoms with Gasteiger partial charge in [0.2, 0.25) is 0 Å². The lowest BCUT2D eigenvalue weighted by Crippen LogP contribution is -2.29. The summed E-state index contributed by atoms with van der Waals surface area (Å²) in [4.78, 5) is 35.7. The van der Waals surface area contributed by atoms with E-state index in [1.54, 1.807) is 36.4 Å². The van der Waals surface area contributed by atoms with Crippen molar-refractivity contribution < 1.29 is 19.2 Å². The number of benzene rings is 4. The van der Waals surface area contributed by atoms with Crippen LogP contribution in [0.3, 0.4) is 0 Å². The SMILES string of the molecule is O=C(COc1ccccc1C(=O)NCCNc1ccc([N+](=O)[O-])cc1)Nc1ccccc1-c1ccccc1. The van der Waals surface area contributed by atoms with Gasteiger partial charge in [0.25, 0.3) is 17.5 Å². The largest absolute Gasteiger partial charge is 0.483 e. The maximum absolute atomic E-state index is 12.7. The molecular formula is C29H26N4O5. The van der Waals surface area contributed by atoms with E-state index in [1.165, 1.54) is 12.1 Å². The van der Waals surface area contributed by atoms with Crippen molar-refractivity contribution >= 4 is 28.9 Å². The number of nitrogens with zero attached hydrogens (tertiary/aromatic N) is 1. The number of hydrogen-bond donors (Lipinski definition) is 3. The Balaban J connectivity index is 1.29. The van der Waals surface area contributed by atoms with Gasteiger partial charge in [-0.25, -0.2) is 0 Å². The number of non-ortho nitro benzene ring substituents is 1. The van der Waals surface area contributed by atoms with Gasteiger partial charge in [0.1, 0.15) is 5.75 Å². The molecule has 9 heteroatoms. The van der Waals surface area contributed by atoms with Crippen molar-refractivity contribution in [2.24, 2.45) is 0 Å². The highest BCUT2D eigenvalue weighted by atomic mass is 16.6. The van der Waals surface area contributed by atoms with E-state index in [0.717, 1.165) is 11.1 Å². The first kappa shape index (κ1) is 25.9. The normalized spacial score (nSPS) is 10.3. The van der Waals surface area contributed by atoms with E-state index in [-0.39, 0.29) is 24.1 Å². The molecule has 0 bridgehead atoms. The first-order chi connectivity index (χ1) is 18.5. The summed E-state index contributed by atoms with van der Waals surface area (Å²) in [5.41, 5.74) is 3.56. The Kier molecular flexibility index (Phi) is 8.64. The number of nitro groups is 1. The van der Waals surface area contributed by atoms with Crippen molar-refractivity contribution in [2.75, 3.05) is 30.3 Å². The molecule has 0 saturated heterocycles. The number of nitrogens with one attached hydrogen (secondary N) is 3. The van der Waals surface area contributed by atoms with Crippen molar-refractivity contribution in [3.63, 3.8) is 0 Å². The third-order valence-electron chi connectivity index (χ3n) is 5.59. The number of carbonyl (C=O) groups excluding carboxylic acids is 2. The van der Waals surface area contributed by atoms with Crippen molar-refractivity contribution in [3.05, 3.63) is 119 Å². The predicted molar refractivity (Wildman–Crippen MR) is 146 cm³/mol. The molecule has 0 heterocycles. The zero-order chi connectivity index (χ0) is 26.7. The summed E-state index contributed by atoms with van der Waals surface area (Å²) >= 11 is 0. The van der Waals surface area contributed by atoms with Gasteiger partial charge >= 0.3 is 0 Å². The summed E-state index contributed by atoms with van der Waals surface area (Å²) in [7, 11) is 0. The quantitative estimate of drug-likeness (QED) is 0.146. The Morgan fingerprint density at radius 2 is 1.47 bits per heavy atom. The maximum atomic E-state index is 12.7. The third-order valence-corrected chi connectivity index (χ3v) is 5.59. The average Bonchev–Trinajstić information content (AvgIpc) is 2.95. The summed E-state index contributed by atoms with van der Waals surface area (Å²) in [6.45, 7) is 0.450. The van der Waals surface area contributed by atoms with E-state index in [0.29, 0.717) is 35.8 Å². The number of anilines is 2. The lowest BCUT2D eigenvalue weighted by atomic mass is 10.0. The fourth-order valence-corrected chi connectivity index (χ4v) is 3.75. The zero-order valence-corrected chi connectivity index (χ0v) is 20.4. The molecular weight excluding hydrogens is 484 g/mol. The van der Waals surface area contributed by atoms with E-state index >= 15 is 0 Å². The van der Waals surface area contributed by atoms with Gasteiger partial charge in [-0.15, -0.1) is 0 Å². The molecule has 38 heavy (non-hydrogen) atoms. The number of nitro benzene ring substituents is 1. The average molecular weight is 511 g/mol. The minimum Gasteiger partial charge on any atom is -0.483 e. The second kappa shape index (κ2) is 12.7. The molecule has 3 N–H and O–H groups in total. The number of hydrogen-bond acceptors (Lipinski definition) is 6. The molecule has 0 aromatic heterocycles. The Morgan fingerprint density at radius 1 is 0.789 bits per heavy atom. The minimum atomic E-state index is -0.462. The molecule has 9 nitrogen and oxygen atoms in total. The number of rotatable bonds is 11. The van der Waals surface area contributed by atoms with E-state index in [1.807, 2.05) is 54.6 Å². The first-order valence-corrected chi connectivity index (χ1v) is 11.9. The maximum Gasteiger partial charge on any atom is 0.269 e. The number of para-hydroxylation sites is 2. The summed E-state index contributed by atoms with van der Waals surface area (Å²) in [6, 6.07) is 30.0. The van der Waals surface area contributed by atoms with Crippen molar-refractivity contribution in [2.45, 2.75) is 0 Å². The third kappa shape index (κ3) is 6.94. The van der Waals surface area contributed by atoms with Crippen LogP contribution in [0, 0.1) is 10.1 Å². The Morgan fingerprint density at radius 3 is 2.24 bits per heavy atom. The zero-order valence-electron chi connectivity index (χ0n) is 20.4. The lowest BCUT2D eigenvalue weighted by Gasteiger charge is -2.14. The highest BCUT2D eigenvalue weighted by molar-refractivity contribution is 5.98. The van der Waals surface area contributed by atoms with Gasteiger partial charge in [0.15, 0.2) is 6.61 Å². The van der Waals surface area contributed by atoms with Gasteiger partial charge in [-0.1, -0.05) is 60.7 Å². The monoisotopic (exact) mass is 510 g/mol. The Bertz CT molecular complexity index is 1410. The fourth-order valence-electron chi connectivity index (χ4n) is 3.75. The molecule has 4 aromatic carbocycles. The number of amides is 2. The lowest BCUT2D eigenvalue weighted by molar-refractivity contribution is -0.384. The molecule has 0 unspecified atom stereocenters. The van der Waals surface area contributed by atoms with Crippen LogP contribution in [-0.2, 0) is 4.79 Å². The molecule has 0 aliphatic rings. The molecule has 2 amide bonds. The van der Waals surface area contributed by atoms with Crippen molar-refractivity contribution in [1.82, 2.24) is 5.32 Å². The Labute approximate surface area is 219 Å². The van der Waals surface area contributed by atoms with Gasteiger partial charge in [-0.3, -0.25) is 19.7 Å². The Hall–Kier alpha value is -5.18. The second-order valence-electron chi connectivity index (χ2n) is 8.23. The van der Waals surface area contributed by atoms with Crippen LogP contribution in [-0.4, -0.2) is 36.4 Å². The molecule has 0 aliphatic heterocycles. The van der Waals surface area contributed by atoms with Crippen molar-refractivity contribution in [1.29, 1.82) is 0 Å². The number of carbonyl (C=O) groups is 2.